The largest absolute Gasteiger partial charge is 0.325 e. The third-order valence-electron chi connectivity index (χ3n) is 1.93. The third kappa shape index (κ3) is 1.63. The number of rotatable bonds is 1. The Morgan fingerprint density at radius 1 is 0.688 bits per heavy atom. The van der Waals surface area contributed by atoms with Crippen molar-refractivity contribution in [3.05, 3.63) is 54.1 Å². The Morgan fingerprint density at radius 3 is 1.38 bits per heavy atom. The first kappa shape index (κ1) is 9.90. The number of hydrogen-bond donors (Lipinski definition) is 4. The van der Waals surface area contributed by atoms with Gasteiger partial charge in [-0.3, -0.25) is 19.6 Å². The van der Waals surface area contributed by atoms with E-state index in [1.807, 2.05) is 9.97 Å². The van der Waals surface area contributed by atoms with Crippen LogP contribution in [0.25, 0.3) is 11.1 Å². The average Bonchev–Trinajstić information content (AvgIpc) is 2.19. The van der Waals surface area contributed by atoms with Crippen LogP contribution in [0, 0.1) is 0 Å². The molecule has 2 aromatic heterocycles. The summed E-state index contributed by atoms with van der Waals surface area (Å²) in [4.78, 5) is 52.6. The molecule has 0 bridgehead atoms. The molecular weight excluding hydrogens is 216 g/mol. The molecule has 0 aromatic carbocycles. The lowest BCUT2D eigenvalue weighted by Crippen LogP contribution is -2.27. The Bertz CT molecular complexity index is 682. The van der Waals surface area contributed by atoms with Crippen LogP contribution in [0.1, 0.15) is 0 Å². The van der Waals surface area contributed by atoms with E-state index in [-0.39, 0.29) is 11.1 Å². The normalized spacial score (nSPS) is 10.2. The van der Waals surface area contributed by atoms with Crippen LogP contribution in [-0.2, 0) is 0 Å². The Morgan fingerprint density at radius 2 is 1.06 bits per heavy atom. The highest BCUT2D eigenvalue weighted by atomic mass is 16.2. The second-order valence-electron chi connectivity index (χ2n) is 2.97. The lowest BCUT2D eigenvalue weighted by molar-refractivity contribution is 1.01. The first-order chi connectivity index (χ1) is 7.58. The standard InChI is InChI=1S/C8H6N4O4/c13-5-3(1-9-7(15)11-5)4-2-10-8(16)12-6(4)14/h1-2H,(H2,9,11,13,15)(H2,10,12,14,16). The van der Waals surface area contributed by atoms with Crippen LogP contribution in [-0.4, -0.2) is 19.9 Å². The van der Waals surface area contributed by atoms with Crippen molar-refractivity contribution in [3.63, 3.8) is 0 Å². The summed E-state index contributed by atoms with van der Waals surface area (Å²) in [5, 5.41) is 0. The predicted octanol–water partition coefficient (Wildman–Crippen LogP) is -1.89. The molecule has 2 aromatic rings. The zero-order valence-corrected chi connectivity index (χ0v) is 7.79. The predicted molar refractivity (Wildman–Crippen MR) is 54.4 cm³/mol. The molecule has 16 heavy (non-hydrogen) atoms. The first-order valence-electron chi connectivity index (χ1n) is 4.22. The van der Waals surface area contributed by atoms with Gasteiger partial charge in [0.05, 0.1) is 11.1 Å². The topological polar surface area (TPSA) is 131 Å². The van der Waals surface area contributed by atoms with Crippen molar-refractivity contribution in [1.29, 1.82) is 0 Å². The molecule has 2 rings (SSSR count). The van der Waals surface area contributed by atoms with Crippen molar-refractivity contribution in [2.75, 3.05) is 0 Å². The molecule has 0 unspecified atom stereocenters. The highest BCUT2D eigenvalue weighted by Crippen LogP contribution is 2.02. The number of H-pyrrole nitrogens is 4. The molecule has 8 heteroatoms. The first-order valence-corrected chi connectivity index (χ1v) is 4.22. The van der Waals surface area contributed by atoms with Gasteiger partial charge in [-0.05, 0) is 0 Å². The maximum absolute atomic E-state index is 11.4. The molecule has 0 amide bonds. The van der Waals surface area contributed by atoms with Crippen LogP contribution in [0.3, 0.4) is 0 Å². The van der Waals surface area contributed by atoms with Crippen LogP contribution in [0.5, 0.6) is 0 Å². The van der Waals surface area contributed by atoms with Gasteiger partial charge >= 0.3 is 11.4 Å². The maximum Gasteiger partial charge on any atom is 0.325 e. The average molecular weight is 222 g/mol. The fourth-order valence-corrected chi connectivity index (χ4v) is 1.22. The molecule has 0 atom stereocenters. The lowest BCUT2D eigenvalue weighted by Gasteiger charge is -1.96. The van der Waals surface area contributed by atoms with E-state index in [0.717, 1.165) is 12.4 Å². The quantitative estimate of drug-likeness (QED) is 0.449. The van der Waals surface area contributed by atoms with Crippen LogP contribution < -0.4 is 22.5 Å². The molecule has 4 N–H and O–H groups in total. The molecule has 0 saturated heterocycles. The van der Waals surface area contributed by atoms with Gasteiger partial charge in [0, 0.05) is 12.4 Å². The van der Waals surface area contributed by atoms with Crippen molar-refractivity contribution in [2.45, 2.75) is 0 Å². The van der Waals surface area contributed by atoms with Crippen molar-refractivity contribution < 1.29 is 0 Å². The minimum Gasteiger partial charge on any atom is -0.313 e. The SMILES string of the molecule is O=c1[nH]cc(-c2c[nH]c(=O)[nH]c2=O)c(=O)[nH]1. The van der Waals surface area contributed by atoms with Gasteiger partial charge in [-0.1, -0.05) is 0 Å². The van der Waals surface area contributed by atoms with E-state index < -0.39 is 22.5 Å². The number of aromatic nitrogens is 4. The smallest absolute Gasteiger partial charge is 0.313 e. The minimum absolute atomic E-state index is 0.0305. The van der Waals surface area contributed by atoms with E-state index in [9.17, 15) is 19.2 Å². The molecule has 82 valence electrons. The zero-order valence-electron chi connectivity index (χ0n) is 7.79. The molecule has 0 aliphatic rings. The molecule has 0 saturated carbocycles. The minimum atomic E-state index is -0.707. The van der Waals surface area contributed by atoms with Gasteiger partial charge in [0.25, 0.3) is 11.1 Å². The van der Waals surface area contributed by atoms with Crippen molar-refractivity contribution >= 4 is 0 Å². The summed E-state index contributed by atoms with van der Waals surface area (Å²) in [5.74, 6) is 0. The Balaban J connectivity index is 2.78. The van der Waals surface area contributed by atoms with Gasteiger partial charge in [-0.25, -0.2) is 9.59 Å². The van der Waals surface area contributed by atoms with Gasteiger partial charge < -0.3 is 9.97 Å². The van der Waals surface area contributed by atoms with Crippen molar-refractivity contribution in [2.24, 2.45) is 0 Å². The fourth-order valence-electron chi connectivity index (χ4n) is 1.22. The Labute approximate surface area is 86.0 Å². The van der Waals surface area contributed by atoms with E-state index in [2.05, 4.69) is 9.97 Å². The Hall–Kier alpha value is -2.64. The van der Waals surface area contributed by atoms with E-state index in [0.29, 0.717) is 0 Å². The lowest BCUT2D eigenvalue weighted by atomic mass is 10.2. The second kappa shape index (κ2) is 3.50. The van der Waals surface area contributed by atoms with E-state index in [1.165, 1.54) is 0 Å². The molecule has 0 aliphatic carbocycles. The van der Waals surface area contributed by atoms with Gasteiger partial charge in [-0.15, -0.1) is 0 Å². The molecule has 8 nitrogen and oxygen atoms in total. The summed E-state index contributed by atoms with van der Waals surface area (Å²) in [6, 6.07) is 0. The summed E-state index contributed by atoms with van der Waals surface area (Å²) in [5.41, 5.74) is -2.82. The van der Waals surface area contributed by atoms with Crippen molar-refractivity contribution in [1.82, 2.24) is 19.9 Å². The van der Waals surface area contributed by atoms with Crippen LogP contribution in [0.15, 0.2) is 31.6 Å². The van der Waals surface area contributed by atoms with Crippen LogP contribution >= 0.6 is 0 Å². The summed E-state index contributed by atoms with van der Waals surface area (Å²) < 4.78 is 0. The molecular formula is C8H6N4O4. The van der Waals surface area contributed by atoms with Crippen LogP contribution in [0.2, 0.25) is 0 Å². The Kier molecular flexibility index (Phi) is 2.16. The number of nitrogens with one attached hydrogen (secondary N) is 4. The van der Waals surface area contributed by atoms with Crippen LogP contribution in [0.4, 0.5) is 0 Å². The monoisotopic (exact) mass is 222 g/mol. The highest BCUT2D eigenvalue weighted by molar-refractivity contribution is 5.58. The molecule has 0 radical (unpaired) electrons. The van der Waals surface area contributed by atoms with Crippen molar-refractivity contribution in [3.8, 4) is 11.1 Å². The van der Waals surface area contributed by atoms with E-state index in [1.54, 1.807) is 0 Å². The summed E-state index contributed by atoms with van der Waals surface area (Å²) in [6.45, 7) is 0. The molecule has 2 heterocycles. The second-order valence-corrected chi connectivity index (χ2v) is 2.97. The van der Waals surface area contributed by atoms with Gasteiger partial charge in [-0.2, -0.15) is 0 Å². The summed E-state index contributed by atoms with van der Waals surface area (Å²) >= 11 is 0. The summed E-state index contributed by atoms with van der Waals surface area (Å²) in [7, 11) is 0. The van der Waals surface area contributed by atoms with Gasteiger partial charge in [0.1, 0.15) is 0 Å². The fraction of sp³-hybridized carbons (Fsp3) is 0. The number of aromatic amines is 4. The zero-order chi connectivity index (χ0) is 11.7. The van der Waals surface area contributed by atoms with Gasteiger partial charge in [0.2, 0.25) is 0 Å². The van der Waals surface area contributed by atoms with E-state index in [4.69, 9.17) is 0 Å². The molecule has 0 fully saturated rings. The molecule has 0 aliphatic heterocycles. The van der Waals surface area contributed by atoms with E-state index >= 15 is 0 Å². The summed E-state index contributed by atoms with van der Waals surface area (Å²) in [6.07, 6.45) is 2.20. The highest BCUT2D eigenvalue weighted by Gasteiger charge is 2.08. The van der Waals surface area contributed by atoms with Gasteiger partial charge in [0.15, 0.2) is 0 Å². The molecule has 0 spiro atoms. The third-order valence-corrected chi connectivity index (χ3v) is 1.93. The maximum atomic E-state index is 11.4. The number of hydrogen-bond acceptors (Lipinski definition) is 4.